The average molecular weight is 623 g/mol. The minimum atomic E-state index is -1.95. The lowest BCUT2D eigenvalue weighted by atomic mass is 9.77. The van der Waals surface area contributed by atoms with Gasteiger partial charge in [0.15, 0.2) is 0 Å². The summed E-state index contributed by atoms with van der Waals surface area (Å²) in [7, 11) is 0. The fourth-order valence-electron chi connectivity index (χ4n) is 4.80. The highest BCUT2D eigenvalue weighted by Crippen LogP contribution is 2.39. The summed E-state index contributed by atoms with van der Waals surface area (Å²) in [5.41, 5.74) is -1.56. The Bertz CT molecular complexity index is 1290. The number of ether oxygens (including phenoxy) is 1. The second-order valence-electron chi connectivity index (χ2n) is 9.98. The van der Waals surface area contributed by atoms with Crippen LogP contribution in [0.25, 0.3) is 0 Å². The smallest absolute Gasteiger partial charge is 0.407 e. The molecule has 1 saturated heterocycles. The third-order valence-electron chi connectivity index (χ3n) is 7.39. The van der Waals surface area contributed by atoms with Crippen molar-refractivity contribution in [3.63, 3.8) is 0 Å². The van der Waals surface area contributed by atoms with E-state index in [1.165, 1.54) is 38.1 Å². The molecule has 17 heteroatoms. The van der Waals surface area contributed by atoms with Crippen molar-refractivity contribution >= 4 is 47.5 Å². The molecule has 5 amide bonds. The quantitative estimate of drug-likeness (QED) is 0.0843. The number of alkyl carbamates (subject to hydrolysis) is 1. The predicted octanol–water partition coefficient (Wildman–Crippen LogP) is 2.36. The first-order chi connectivity index (χ1) is 20.7. The normalized spacial score (nSPS) is 15.8. The molecule has 1 aliphatic heterocycles. The molecule has 240 valence electrons. The molecule has 44 heavy (non-hydrogen) atoms. The number of carboxylic acids is 3. The molecule has 0 radical (unpaired) electrons. The van der Waals surface area contributed by atoms with Crippen LogP contribution >= 0.6 is 0 Å². The third kappa shape index (κ3) is 8.05. The van der Waals surface area contributed by atoms with Crippen molar-refractivity contribution in [2.75, 3.05) is 6.54 Å². The number of nitrogens with one attached hydrogen (secondary N) is 1. The molecule has 1 aromatic rings. The largest absolute Gasteiger partial charge is 0.481 e. The van der Waals surface area contributed by atoms with E-state index in [1.54, 1.807) is 0 Å². The molecule has 4 N–H and O–H groups in total. The maximum absolute atomic E-state index is 13.5. The molecule has 17 nitrogen and oxygen atoms in total. The first-order valence-electron chi connectivity index (χ1n) is 13.7. The van der Waals surface area contributed by atoms with E-state index in [9.17, 15) is 53.9 Å². The number of nitrogens with zero attached hydrogens (tertiary/aromatic N) is 3. The SMILES string of the molecule is CCC1(CC)C(=O)N([C@@H](CCCCNC(=O)OCc2ccc([N+](=O)[O-])cc2)C(=O)O)C(=O)N([C@@H](CCC(=O)O)C(=O)O)C1=O. The molecular formula is C27H34N4O13. The Morgan fingerprint density at radius 1 is 0.909 bits per heavy atom. The number of hydrogen-bond donors (Lipinski definition) is 4. The number of nitro groups is 1. The third-order valence-corrected chi connectivity index (χ3v) is 7.39. The summed E-state index contributed by atoms with van der Waals surface area (Å²) >= 11 is 0. The van der Waals surface area contributed by atoms with Crippen LogP contribution in [0.5, 0.6) is 0 Å². The van der Waals surface area contributed by atoms with E-state index >= 15 is 0 Å². The Morgan fingerprint density at radius 2 is 1.43 bits per heavy atom. The number of barbiturate groups is 1. The molecular weight excluding hydrogens is 588 g/mol. The van der Waals surface area contributed by atoms with E-state index < -0.39 is 77.1 Å². The van der Waals surface area contributed by atoms with Crippen molar-refractivity contribution < 1.29 is 58.5 Å². The number of unbranched alkanes of at least 4 members (excludes halogenated alkanes) is 1. The zero-order valence-electron chi connectivity index (χ0n) is 24.1. The Morgan fingerprint density at radius 3 is 1.89 bits per heavy atom. The first-order valence-corrected chi connectivity index (χ1v) is 13.7. The summed E-state index contributed by atoms with van der Waals surface area (Å²) in [6.45, 7) is 2.77. The van der Waals surface area contributed by atoms with Crippen LogP contribution < -0.4 is 5.32 Å². The van der Waals surface area contributed by atoms with Crippen LogP contribution in [0, 0.1) is 15.5 Å². The molecule has 0 spiro atoms. The number of urea groups is 1. The molecule has 0 bridgehead atoms. The van der Waals surface area contributed by atoms with E-state index in [1.807, 2.05) is 0 Å². The van der Waals surface area contributed by atoms with Crippen molar-refractivity contribution in [2.45, 2.75) is 77.5 Å². The highest BCUT2D eigenvalue weighted by Gasteiger charge is 2.59. The second-order valence-corrected chi connectivity index (χ2v) is 9.98. The van der Waals surface area contributed by atoms with Crippen LogP contribution in [0.2, 0.25) is 0 Å². The molecule has 2 atom stereocenters. The molecule has 0 aromatic heterocycles. The maximum atomic E-state index is 13.5. The van der Waals surface area contributed by atoms with Gasteiger partial charge in [-0.3, -0.25) is 24.5 Å². The summed E-state index contributed by atoms with van der Waals surface area (Å²) in [5.74, 6) is -6.88. The lowest BCUT2D eigenvalue weighted by Gasteiger charge is -2.46. The molecule has 1 aliphatic rings. The molecule has 1 heterocycles. The van der Waals surface area contributed by atoms with Crippen LogP contribution in [0.1, 0.15) is 64.4 Å². The van der Waals surface area contributed by atoms with Gasteiger partial charge >= 0.3 is 30.0 Å². The maximum Gasteiger partial charge on any atom is 0.407 e. The van der Waals surface area contributed by atoms with Crippen LogP contribution in [0.15, 0.2) is 24.3 Å². The van der Waals surface area contributed by atoms with Gasteiger partial charge in [-0.2, -0.15) is 0 Å². The molecule has 0 unspecified atom stereocenters. The Kier molecular flexibility index (Phi) is 12.3. The number of carbonyl (C=O) groups is 7. The van der Waals surface area contributed by atoms with Crippen LogP contribution in [0.3, 0.4) is 0 Å². The van der Waals surface area contributed by atoms with Gasteiger partial charge in [0.2, 0.25) is 11.8 Å². The highest BCUT2D eigenvalue weighted by molar-refractivity contribution is 6.21. The lowest BCUT2D eigenvalue weighted by Crippen LogP contribution is -2.70. The predicted molar refractivity (Wildman–Crippen MR) is 147 cm³/mol. The van der Waals surface area contributed by atoms with E-state index in [0.717, 1.165) is 0 Å². The number of benzene rings is 1. The number of hydrogen-bond acceptors (Lipinski definition) is 10. The van der Waals surface area contributed by atoms with Crippen molar-refractivity contribution in [1.82, 2.24) is 15.1 Å². The fraction of sp³-hybridized carbons (Fsp3) is 0.519. The van der Waals surface area contributed by atoms with E-state index in [-0.39, 0.29) is 55.8 Å². The summed E-state index contributed by atoms with van der Waals surface area (Å²) in [6, 6.07) is 0.158. The van der Waals surface area contributed by atoms with Gasteiger partial charge in [-0.25, -0.2) is 29.0 Å². The number of carboxylic acid groups (broad SMARTS) is 3. The van der Waals surface area contributed by atoms with Crippen LogP contribution in [-0.2, 0) is 35.3 Å². The lowest BCUT2D eigenvalue weighted by molar-refractivity contribution is -0.384. The summed E-state index contributed by atoms with van der Waals surface area (Å²) in [5, 5.41) is 41.9. The number of imide groups is 2. The van der Waals surface area contributed by atoms with Gasteiger partial charge in [0.05, 0.1) is 4.92 Å². The number of non-ortho nitro benzene ring substituents is 1. The Hall–Kier alpha value is -5.09. The minimum Gasteiger partial charge on any atom is -0.481 e. The van der Waals surface area contributed by atoms with E-state index in [0.29, 0.717) is 10.5 Å². The first kappa shape index (κ1) is 35.1. The van der Waals surface area contributed by atoms with Crippen LogP contribution in [0.4, 0.5) is 15.3 Å². The monoisotopic (exact) mass is 622 g/mol. The number of aliphatic carboxylic acids is 3. The zero-order valence-corrected chi connectivity index (χ0v) is 24.1. The fourth-order valence-corrected chi connectivity index (χ4v) is 4.80. The van der Waals surface area contributed by atoms with Crippen molar-refractivity contribution in [3.05, 3.63) is 39.9 Å². The van der Waals surface area contributed by atoms with Gasteiger partial charge in [0.1, 0.15) is 24.1 Å². The molecule has 1 fully saturated rings. The summed E-state index contributed by atoms with van der Waals surface area (Å²) in [6.07, 6.45) is -2.59. The number of amides is 5. The van der Waals surface area contributed by atoms with Crippen molar-refractivity contribution in [2.24, 2.45) is 5.41 Å². The number of rotatable bonds is 17. The zero-order chi connectivity index (χ0) is 33.2. The average Bonchev–Trinajstić information content (AvgIpc) is 2.97. The summed E-state index contributed by atoms with van der Waals surface area (Å²) < 4.78 is 5.03. The van der Waals surface area contributed by atoms with Gasteiger partial charge in [-0.05, 0) is 56.2 Å². The van der Waals surface area contributed by atoms with Gasteiger partial charge in [0, 0.05) is 25.1 Å². The summed E-state index contributed by atoms with van der Waals surface area (Å²) in [4.78, 5) is 98.6. The molecule has 1 aromatic carbocycles. The van der Waals surface area contributed by atoms with Gasteiger partial charge in [-0.15, -0.1) is 0 Å². The Labute approximate surface area is 250 Å². The highest BCUT2D eigenvalue weighted by atomic mass is 16.6. The van der Waals surface area contributed by atoms with E-state index in [4.69, 9.17) is 9.84 Å². The molecule has 0 aliphatic carbocycles. The van der Waals surface area contributed by atoms with Gasteiger partial charge in [-0.1, -0.05) is 13.8 Å². The standard InChI is InChI=1S/C27H34N4O13/c1-3-27(4-2)23(38)29(26(41)30(24(27)39)19(22(36)37)12-13-20(32)33)18(21(34)35)7-5-6-14-28-25(40)44-15-16-8-10-17(11-9-16)31(42)43/h8-11,18-19H,3-7,12-15H2,1-2H3,(H,28,40)(H,32,33)(H,34,35)(H,36,37)/t18-,19-/m0/s1. The van der Waals surface area contributed by atoms with Gasteiger partial charge < -0.3 is 25.4 Å². The minimum absolute atomic E-state index is 0.0159. The Balaban J connectivity index is 2.11. The topological polar surface area (TPSA) is 251 Å². The molecule has 0 saturated carbocycles. The number of nitro benzene ring substituents is 1. The number of carbonyl (C=O) groups excluding carboxylic acids is 4. The second kappa shape index (κ2) is 15.4. The van der Waals surface area contributed by atoms with Crippen molar-refractivity contribution in [1.29, 1.82) is 0 Å². The van der Waals surface area contributed by atoms with Gasteiger partial charge in [0.25, 0.3) is 5.69 Å². The van der Waals surface area contributed by atoms with Crippen LogP contribution in [-0.4, -0.2) is 90.5 Å². The van der Waals surface area contributed by atoms with Crippen molar-refractivity contribution in [3.8, 4) is 0 Å². The molecule has 2 rings (SSSR count). The van der Waals surface area contributed by atoms with E-state index in [2.05, 4.69) is 5.32 Å².